The van der Waals surface area contributed by atoms with E-state index < -0.39 is 11.4 Å². The van der Waals surface area contributed by atoms with Gasteiger partial charge in [-0.15, -0.1) is 0 Å². The third kappa shape index (κ3) is 2.69. The molecule has 1 saturated heterocycles. The molecule has 0 aromatic heterocycles. The van der Waals surface area contributed by atoms with Gasteiger partial charge in [-0.1, -0.05) is 0 Å². The highest BCUT2D eigenvalue weighted by atomic mass is 16.5. The third-order valence-corrected chi connectivity index (χ3v) is 2.86. The smallest absolute Gasteiger partial charge is 0.311 e. The summed E-state index contributed by atoms with van der Waals surface area (Å²) >= 11 is 0. The van der Waals surface area contributed by atoms with Crippen molar-refractivity contribution in [2.45, 2.75) is 26.2 Å². The highest BCUT2D eigenvalue weighted by Crippen LogP contribution is 2.30. The molecule has 1 heterocycles. The number of carboxylic acid groups (broad SMARTS) is 1. The molecule has 82 valence electrons. The van der Waals surface area contributed by atoms with E-state index in [1.807, 2.05) is 6.92 Å². The zero-order valence-electron chi connectivity index (χ0n) is 8.71. The van der Waals surface area contributed by atoms with Crippen LogP contribution in [-0.2, 0) is 9.53 Å². The van der Waals surface area contributed by atoms with Crippen LogP contribution in [0.4, 0.5) is 0 Å². The molecular weight excluding hydrogens is 182 g/mol. The Kier molecular flexibility index (Phi) is 4.35. The molecule has 0 amide bonds. The lowest BCUT2D eigenvalue weighted by Gasteiger charge is -2.33. The van der Waals surface area contributed by atoms with Gasteiger partial charge in [0, 0.05) is 19.8 Å². The average Bonchev–Trinajstić information content (AvgIpc) is 2.19. The number of rotatable bonds is 5. The average molecular weight is 201 g/mol. The molecule has 1 aliphatic heterocycles. The normalized spacial score (nSPS) is 27.5. The van der Waals surface area contributed by atoms with Crippen LogP contribution in [0.25, 0.3) is 0 Å². The maximum Gasteiger partial charge on any atom is 0.311 e. The van der Waals surface area contributed by atoms with Gasteiger partial charge in [-0.25, -0.2) is 0 Å². The summed E-state index contributed by atoms with van der Waals surface area (Å²) in [5, 5.41) is 12.3. The molecule has 0 aromatic rings. The molecule has 2 N–H and O–H groups in total. The molecular formula is C10H19NO3. The van der Waals surface area contributed by atoms with Gasteiger partial charge >= 0.3 is 5.97 Å². The third-order valence-electron chi connectivity index (χ3n) is 2.86. The lowest BCUT2D eigenvalue weighted by atomic mass is 9.78. The van der Waals surface area contributed by atoms with Gasteiger partial charge in [0.25, 0.3) is 0 Å². The SMILES string of the molecule is CCOCCC1(C(=O)O)CCCNC1. The van der Waals surface area contributed by atoms with Gasteiger partial charge in [0.15, 0.2) is 0 Å². The van der Waals surface area contributed by atoms with Gasteiger partial charge in [-0.05, 0) is 32.7 Å². The van der Waals surface area contributed by atoms with Crippen molar-refractivity contribution in [1.29, 1.82) is 0 Å². The van der Waals surface area contributed by atoms with Crippen molar-refractivity contribution in [2.24, 2.45) is 5.41 Å². The summed E-state index contributed by atoms with van der Waals surface area (Å²) in [6.45, 7) is 4.64. The van der Waals surface area contributed by atoms with E-state index in [4.69, 9.17) is 4.74 Å². The molecule has 1 unspecified atom stereocenters. The van der Waals surface area contributed by atoms with Gasteiger partial charge < -0.3 is 15.2 Å². The summed E-state index contributed by atoms with van der Waals surface area (Å²) in [5.74, 6) is -0.690. The number of hydrogen-bond acceptors (Lipinski definition) is 3. The number of piperidine rings is 1. The van der Waals surface area contributed by atoms with Gasteiger partial charge in [0.2, 0.25) is 0 Å². The van der Waals surface area contributed by atoms with E-state index in [1.165, 1.54) is 0 Å². The second-order valence-electron chi connectivity index (χ2n) is 3.81. The first-order valence-corrected chi connectivity index (χ1v) is 5.23. The van der Waals surface area contributed by atoms with Crippen molar-refractivity contribution in [3.63, 3.8) is 0 Å². The monoisotopic (exact) mass is 201 g/mol. The maximum absolute atomic E-state index is 11.2. The van der Waals surface area contributed by atoms with Crippen LogP contribution in [-0.4, -0.2) is 37.4 Å². The Morgan fingerprint density at radius 3 is 2.93 bits per heavy atom. The Hall–Kier alpha value is -0.610. The first kappa shape index (κ1) is 11.5. The summed E-state index contributed by atoms with van der Waals surface area (Å²) in [6.07, 6.45) is 2.32. The number of carbonyl (C=O) groups is 1. The lowest BCUT2D eigenvalue weighted by Crippen LogP contribution is -2.46. The summed E-state index contributed by atoms with van der Waals surface area (Å²) in [7, 11) is 0. The van der Waals surface area contributed by atoms with Crippen molar-refractivity contribution in [3.05, 3.63) is 0 Å². The molecule has 0 saturated carbocycles. The fraction of sp³-hybridized carbons (Fsp3) is 0.900. The fourth-order valence-electron chi connectivity index (χ4n) is 1.88. The predicted octanol–water partition coefficient (Wildman–Crippen LogP) is 0.867. The number of nitrogens with one attached hydrogen (secondary N) is 1. The quantitative estimate of drug-likeness (QED) is 0.648. The van der Waals surface area contributed by atoms with Crippen LogP contribution in [0.15, 0.2) is 0 Å². The number of carboxylic acids is 1. The molecule has 4 heteroatoms. The van der Waals surface area contributed by atoms with Crippen LogP contribution in [0.3, 0.4) is 0 Å². The minimum Gasteiger partial charge on any atom is -0.481 e. The van der Waals surface area contributed by atoms with E-state index in [9.17, 15) is 9.90 Å². The zero-order valence-corrected chi connectivity index (χ0v) is 8.71. The number of ether oxygens (including phenoxy) is 1. The van der Waals surface area contributed by atoms with E-state index in [0.29, 0.717) is 26.2 Å². The topological polar surface area (TPSA) is 58.6 Å². The van der Waals surface area contributed by atoms with Gasteiger partial charge in [-0.3, -0.25) is 4.79 Å². The Labute approximate surface area is 84.6 Å². The minimum absolute atomic E-state index is 0.546. The van der Waals surface area contributed by atoms with Crippen LogP contribution in [0.5, 0.6) is 0 Å². The first-order chi connectivity index (χ1) is 6.71. The van der Waals surface area contributed by atoms with Gasteiger partial charge in [0.05, 0.1) is 5.41 Å². The number of aliphatic carboxylic acids is 1. The molecule has 0 spiro atoms. The van der Waals surface area contributed by atoms with E-state index in [-0.39, 0.29) is 0 Å². The van der Waals surface area contributed by atoms with Crippen LogP contribution in [0.2, 0.25) is 0 Å². The summed E-state index contributed by atoms with van der Waals surface area (Å²) < 4.78 is 5.22. The largest absolute Gasteiger partial charge is 0.481 e. The minimum atomic E-state index is -0.690. The molecule has 1 atom stereocenters. The number of hydrogen-bond donors (Lipinski definition) is 2. The van der Waals surface area contributed by atoms with E-state index >= 15 is 0 Å². The highest BCUT2D eigenvalue weighted by molar-refractivity contribution is 5.75. The van der Waals surface area contributed by atoms with Crippen LogP contribution in [0.1, 0.15) is 26.2 Å². The highest BCUT2D eigenvalue weighted by Gasteiger charge is 2.39. The molecule has 0 aromatic carbocycles. The molecule has 1 aliphatic rings. The van der Waals surface area contributed by atoms with E-state index in [1.54, 1.807) is 0 Å². The van der Waals surface area contributed by atoms with Crippen molar-refractivity contribution in [3.8, 4) is 0 Å². The van der Waals surface area contributed by atoms with Crippen molar-refractivity contribution in [1.82, 2.24) is 5.32 Å². The lowest BCUT2D eigenvalue weighted by molar-refractivity contribution is -0.151. The zero-order chi connectivity index (χ0) is 10.4. The maximum atomic E-state index is 11.2. The molecule has 4 nitrogen and oxygen atoms in total. The summed E-state index contributed by atoms with van der Waals surface area (Å²) in [4.78, 5) is 11.2. The predicted molar refractivity (Wildman–Crippen MR) is 53.3 cm³/mol. The van der Waals surface area contributed by atoms with Gasteiger partial charge in [0.1, 0.15) is 0 Å². The van der Waals surface area contributed by atoms with Crippen LogP contribution < -0.4 is 5.32 Å². The fourth-order valence-corrected chi connectivity index (χ4v) is 1.88. The molecule has 0 aliphatic carbocycles. The van der Waals surface area contributed by atoms with Crippen molar-refractivity contribution >= 4 is 5.97 Å². The molecule has 1 rings (SSSR count). The van der Waals surface area contributed by atoms with Crippen molar-refractivity contribution in [2.75, 3.05) is 26.3 Å². The molecule has 14 heavy (non-hydrogen) atoms. The van der Waals surface area contributed by atoms with Gasteiger partial charge in [-0.2, -0.15) is 0 Å². The second-order valence-corrected chi connectivity index (χ2v) is 3.81. The Balaban J connectivity index is 2.47. The van der Waals surface area contributed by atoms with Crippen molar-refractivity contribution < 1.29 is 14.6 Å². The molecule has 0 radical (unpaired) electrons. The second kappa shape index (κ2) is 5.32. The Morgan fingerprint density at radius 2 is 2.43 bits per heavy atom. The van der Waals surface area contributed by atoms with E-state index in [0.717, 1.165) is 19.4 Å². The summed E-state index contributed by atoms with van der Waals surface area (Å²) in [6, 6.07) is 0. The molecule has 0 bridgehead atoms. The Morgan fingerprint density at radius 1 is 1.64 bits per heavy atom. The Bertz CT molecular complexity index is 188. The van der Waals surface area contributed by atoms with Crippen LogP contribution >= 0.6 is 0 Å². The summed E-state index contributed by atoms with van der Waals surface area (Å²) in [5.41, 5.74) is -0.590. The molecule has 1 fully saturated rings. The van der Waals surface area contributed by atoms with E-state index in [2.05, 4.69) is 5.32 Å². The van der Waals surface area contributed by atoms with Crippen LogP contribution in [0, 0.1) is 5.41 Å². The first-order valence-electron chi connectivity index (χ1n) is 5.23. The standard InChI is InChI=1S/C10H19NO3/c1-2-14-7-5-10(9(12)13)4-3-6-11-8-10/h11H,2-8H2,1H3,(H,12,13).